The Morgan fingerprint density at radius 1 is 1.43 bits per heavy atom. The van der Waals surface area contributed by atoms with Gasteiger partial charge in [0.1, 0.15) is 0 Å². The largest absolute Gasteiger partial charge is 0.396 e. The molecule has 0 aliphatic heterocycles. The van der Waals surface area contributed by atoms with Gasteiger partial charge in [-0.25, -0.2) is 0 Å². The zero-order valence-corrected chi connectivity index (χ0v) is 9.39. The fourth-order valence-corrected chi connectivity index (χ4v) is 2.25. The number of hydrogen-bond donors (Lipinski definition) is 2. The van der Waals surface area contributed by atoms with Crippen LogP contribution in [0.1, 0.15) is 6.42 Å². The minimum absolute atomic E-state index is 0.0290. The predicted octanol–water partition coefficient (Wildman–Crippen LogP) is 2.14. The van der Waals surface area contributed by atoms with Crippen molar-refractivity contribution >= 4 is 23.4 Å². The maximum absolute atomic E-state index is 8.67. The van der Waals surface area contributed by atoms with Crippen molar-refractivity contribution in [2.75, 3.05) is 12.4 Å². The average molecular weight is 232 g/mol. The molecule has 1 unspecified atom stereocenters. The van der Waals surface area contributed by atoms with E-state index in [1.807, 2.05) is 24.3 Å². The van der Waals surface area contributed by atoms with Crippen LogP contribution in [0.2, 0.25) is 5.02 Å². The van der Waals surface area contributed by atoms with Crippen LogP contribution in [0.5, 0.6) is 0 Å². The third-order valence-electron chi connectivity index (χ3n) is 1.79. The lowest BCUT2D eigenvalue weighted by Gasteiger charge is -2.09. The maximum Gasteiger partial charge on any atom is 0.0541 e. The Balaban J connectivity index is 2.41. The van der Waals surface area contributed by atoms with Gasteiger partial charge in [0.05, 0.1) is 5.02 Å². The van der Waals surface area contributed by atoms with E-state index in [1.54, 1.807) is 11.8 Å². The topological polar surface area (TPSA) is 46.2 Å². The van der Waals surface area contributed by atoms with Gasteiger partial charge in [0.15, 0.2) is 0 Å². The van der Waals surface area contributed by atoms with Crippen LogP contribution in [-0.4, -0.2) is 23.5 Å². The monoisotopic (exact) mass is 231 g/mol. The van der Waals surface area contributed by atoms with Crippen LogP contribution in [0.4, 0.5) is 0 Å². The summed E-state index contributed by atoms with van der Waals surface area (Å²) in [6.45, 7) is 0.143. The van der Waals surface area contributed by atoms with E-state index < -0.39 is 0 Å². The van der Waals surface area contributed by atoms with Crippen molar-refractivity contribution in [1.29, 1.82) is 0 Å². The number of aliphatic hydroxyl groups is 1. The highest BCUT2D eigenvalue weighted by Crippen LogP contribution is 2.26. The maximum atomic E-state index is 8.67. The van der Waals surface area contributed by atoms with Crippen molar-refractivity contribution in [2.24, 2.45) is 5.73 Å². The standard InChI is InChI=1S/C10H14ClNOS/c11-9-3-1-2-4-10(9)14-7-8(12)5-6-13/h1-4,8,13H,5-7,12H2. The third kappa shape index (κ3) is 3.88. The fraction of sp³-hybridized carbons (Fsp3) is 0.400. The van der Waals surface area contributed by atoms with Gasteiger partial charge in [-0.2, -0.15) is 0 Å². The molecule has 1 aromatic carbocycles. The number of hydrogen-bond acceptors (Lipinski definition) is 3. The zero-order valence-electron chi connectivity index (χ0n) is 7.82. The average Bonchev–Trinajstić information content (AvgIpc) is 2.17. The Bertz CT molecular complexity index is 283. The van der Waals surface area contributed by atoms with Crippen LogP contribution >= 0.6 is 23.4 Å². The van der Waals surface area contributed by atoms with Crippen molar-refractivity contribution in [2.45, 2.75) is 17.4 Å². The van der Waals surface area contributed by atoms with Gasteiger partial charge >= 0.3 is 0 Å². The molecule has 0 saturated carbocycles. The Kier molecular flexibility index (Phi) is 5.33. The SMILES string of the molecule is NC(CCO)CSc1ccccc1Cl. The van der Waals surface area contributed by atoms with Crippen LogP contribution in [-0.2, 0) is 0 Å². The molecule has 2 nitrogen and oxygen atoms in total. The van der Waals surface area contributed by atoms with E-state index >= 15 is 0 Å². The molecule has 3 N–H and O–H groups in total. The van der Waals surface area contributed by atoms with Gasteiger partial charge in [-0.1, -0.05) is 23.7 Å². The summed E-state index contributed by atoms with van der Waals surface area (Å²) < 4.78 is 0. The van der Waals surface area contributed by atoms with Gasteiger partial charge in [0, 0.05) is 23.3 Å². The lowest BCUT2D eigenvalue weighted by Crippen LogP contribution is -2.23. The summed E-state index contributed by atoms with van der Waals surface area (Å²) in [7, 11) is 0. The lowest BCUT2D eigenvalue weighted by molar-refractivity contribution is 0.279. The number of aliphatic hydroxyl groups excluding tert-OH is 1. The van der Waals surface area contributed by atoms with Crippen LogP contribution in [0, 0.1) is 0 Å². The van der Waals surface area contributed by atoms with E-state index in [1.165, 1.54) is 0 Å². The molecule has 0 aliphatic rings. The number of halogens is 1. The molecule has 0 spiro atoms. The first-order valence-electron chi connectivity index (χ1n) is 4.48. The zero-order chi connectivity index (χ0) is 10.4. The van der Waals surface area contributed by atoms with E-state index in [2.05, 4.69) is 0 Å². The predicted molar refractivity (Wildman–Crippen MR) is 61.9 cm³/mol. The molecule has 0 saturated heterocycles. The number of rotatable bonds is 5. The molecule has 0 fully saturated rings. The van der Waals surface area contributed by atoms with Crippen LogP contribution in [0.25, 0.3) is 0 Å². The summed E-state index contributed by atoms with van der Waals surface area (Å²) >= 11 is 7.60. The number of benzene rings is 1. The lowest BCUT2D eigenvalue weighted by atomic mass is 10.3. The smallest absolute Gasteiger partial charge is 0.0541 e. The first-order valence-corrected chi connectivity index (χ1v) is 5.84. The molecule has 14 heavy (non-hydrogen) atoms. The quantitative estimate of drug-likeness (QED) is 0.764. The van der Waals surface area contributed by atoms with Gasteiger partial charge < -0.3 is 10.8 Å². The van der Waals surface area contributed by atoms with Gasteiger partial charge in [0.25, 0.3) is 0 Å². The number of nitrogens with two attached hydrogens (primary N) is 1. The first-order chi connectivity index (χ1) is 6.74. The second-order valence-corrected chi connectivity index (χ2v) is 4.48. The van der Waals surface area contributed by atoms with E-state index in [-0.39, 0.29) is 12.6 Å². The molecule has 0 bridgehead atoms. The van der Waals surface area contributed by atoms with E-state index in [0.717, 1.165) is 15.7 Å². The number of thioether (sulfide) groups is 1. The van der Waals surface area contributed by atoms with Crippen LogP contribution in [0.3, 0.4) is 0 Å². The summed E-state index contributed by atoms with van der Waals surface area (Å²) in [5.74, 6) is 0.782. The van der Waals surface area contributed by atoms with Crippen LogP contribution in [0.15, 0.2) is 29.2 Å². The second-order valence-electron chi connectivity index (χ2n) is 3.01. The van der Waals surface area contributed by atoms with Crippen molar-refractivity contribution in [1.82, 2.24) is 0 Å². The third-order valence-corrected chi connectivity index (χ3v) is 3.49. The van der Waals surface area contributed by atoms with Crippen molar-refractivity contribution in [3.63, 3.8) is 0 Å². The summed E-state index contributed by atoms with van der Waals surface area (Å²) in [4.78, 5) is 1.04. The molecule has 1 rings (SSSR count). The Labute approximate surface area is 93.5 Å². The molecule has 78 valence electrons. The summed E-state index contributed by atoms with van der Waals surface area (Å²) in [6.07, 6.45) is 0.636. The molecule has 0 radical (unpaired) electrons. The summed E-state index contributed by atoms with van der Waals surface area (Å²) in [6, 6.07) is 7.72. The molecule has 1 aromatic rings. The molecule has 0 aliphatic carbocycles. The van der Waals surface area contributed by atoms with Gasteiger partial charge in [-0.15, -0.1) is 11.8 Å². The normalized spacial score (nSPS) is 12.8. The minimum Gasteiger partial charge on any atom is -0.396 e. The Morgan fingerprint density at radius 2 is 2.14 bits per heavy atom. The molecular formula is C10H14ClNOS. The Morgan fingerprint density at radius 3 is 2.79 bits per heavy atom. The molecule has 0 amide bonds. The molecule has 1 atom stereocenters. The summed E-state index contributed by atoms with van der Waals surface area (Å²) in [5.41, 5.74) is 5.76. The van der Waals surface area contributed by atoms with E-state index in [9.17, 15) is 0 Å². The Hall–Kier alpha value is -0.220. The van der Waals surface area contributed by atoms with Crippen molar-refractivity contribution < 1.29 is 5.11 Å². The van der Waals surface area contributed by atoms with Gasteiger partial charge in [0.2, 0.25) is 0 Å². The van der Waals surface area contributed by atoms with E-state index in [4.69, 9.17) is 22.4 Å². The van der Waals surface area contributed by atoms with Crippen LogP contribution < -0.4 is 5.73 Å². The van der Waals surface area contributed by atoms with Gasteiger partial charge in [-0.3, -0.25) is 0 Å². The first kappa shape index (κ1) is 11.9. The molecular weight excluding hydrogens is 218 g/mol. The highest BCUT2D eigenvalue weighted by atomic mass is 35.5. The minimum atomic E-state index is 0.0290. The molecule has 4 heteroatoms. The van der Waals surface area contributed by atoms with Gasteiger partial charge in [-0.05, 0) is 18.6 Å². The summed E-state index contributed by atoms with van der Waals surface area (Å²) in [5, 5.41) is 9.43. The van der Waals surface area contributed by atoms with Crippen molar-refractivity contribution in [3.8, 4) is 0 Å². The molecule has 0 heterocycles. The highest BCUT2D eigenvalue weighted by Gasteiger charge is 2.04. The van der Waals surface area contributed by atoms with Crippen molar-refractivity contribution in [3.05, 3.63) is 29.3 Å². The second kappa shape index (κ2) is 6.30. The van der Waals surface area contributed by atoms with E-state index in [0.29, 0.717) is 6.42 Å². The molecule has 0 aromatic heterocycles. The highest BCUT2D eigenvalue weighted by molar-refractivity contribution is 7.99. The fourth-order valence-electron chi connectivity index (χ4n) is 1.01.